The quantitative estimate of drug-likeness (QED) is 0.833. The van der Waals surface area contributed by atoms with Gasteiger partial charge in [-0.25, -0.2) is 0 Å². The van der Waals surface area contributed by atoms with Crippen molar-refractivity contribution in [1.82, 2.24) is 0 Å². The average Bonchev–Trinajstić information content (AvgIpc) is 2.88. The summed E-state index contributed by atoms with van der Waals surface area (Å²) >= 11 is 2.10. The van der Waals surface area contributed by atoms with Crippen LogP contribution in [0.25, 0.3) is 0 Å². The molecule has 0 bridgehead atoms. The van der Waals surface area contributed by atoms with Gasteiger partial charge in [0.25, 0.3) is 0 Å². The van der Waals surface area contributed by atoms with Crippen LogP contribution in [0.5, 0.6) is 0 Å². The Morgan fingerprint density at radius 3 is 2.59 bits per heavy atom. The molecule has 2 rings (SSSR count). The van der Waals surface area contributed by atoms with Crippen LogP contribution in [0.3, 0.4) is 0 Å². The average molecular weight is 249 g/mol. The molecule has 0 aliphatic heterocycles. The summed E-state index contributed by atoms with van der Waals surface area (Å²) in [4.78, 5) is 0. The van der Waals surface area contributed by atoms with Crippen molar-refractivity contribution >= 4 is 11.8 Å². The molecule has 2 N–H and O–H groups in total. The number of benzene rings is 1. The summed E-state index contributed by atoms with van der Waals surface area (Å²) < 4.78 is 0. The van der Waals surface area contributed by atoms with Crippen LogP contribution < -0.4 is 5.73 Å². The minimum absolute atomic E-state index is 0.362. The van der Waals surface area contributed by atoms with E-state index < -0.39 is 0 Å². The van der Waals surface area contributed by atoms with Crippen LogP contribution in [0, 0.1) is 0 Å². The molecule has 1 aliphatic carbocycles. The fourth-order valence-electron chi connectivity index (χ4n) is 2.39. The molecule has 0 heterocycles. The zero-order chi connectivity index (χ0) is 11.9. The predicted octanol–water partition coefficient (Wildman–Crippen LogP) is 3.62. The Hall–Kier alpha value is -0.470. The second-order valence-corrected chi connectivity index (χ2v) is 6.36. The third-order valence-electron chi connectivity index (χ3n) is 3.49. The number of nitrogens with two attached hydrogens (primary N) is 1. The van der Waals surface area contributed by atoms with Crippen molar-refractivity contribution in [2.75, 3.05) is 5.75 Å². The number of hydrogen-bond donors (Lipinski definition) is 1. The Bertz CT molecular complexity index is 306. The molecule has 1 atom stereocenters. The highest BCUT2D eigenvalue weighted by Crippen LogP contribution is 2.29. The molecule has 1 fully saturated rings. The largest absolute Gasteiger partial charge is 0.327 e. The highest BCUT2D eigenvalue weighted by Gasteiger charge is 2.16. The summed E-state index contributed by atoms with van der Waals surface area (Å²) in [5.41, 5.74) is 7.59. The molecule has 1 aromatic carbocycles. The maximum Gasteiger partial charge on any atom is 0.0133 e. The monoisotopic (exact) mass is 249 g/mol. The van der Waals surface area contributed by atoms with Crippen LogP contribution in [0.4, 0.5) is 0 Å². The van der Waals surface area contributed by atoms with Crippen molar-refractivity contribution < 1.29 is 0 Å². The van der Waals surface area contributed by atoms with E-state index in [-0.39, 0.29) is 0 Å². The lowest BCUT2D eigenvalue weighted by atomic mass is 10.1. The van der Waals surface area contributed by atoms with Gasteiger partial charge in [0.15, 0.2) is 0 Å². The molecule has 1 saturated carbocycles. The second kappa shape index (κ2) is 7.07. The van der Waals surface area contributed by atoms with Crippen LogP contribution in [0.1, 0.15) is 37.7 Å². The van der Waals surface area contributed by atoms with Gasteiger partial charge in [-0.15, -0.1) is 0 Å². The van der Waals surface area contributed by atoms with E-state index in [9.17, 15) is 0 Å². The normalized spacial score (nSPS) is 18.4. The zero-order valence-electron chi connectivity index (χ0n) is 10.5. The van der Waals surface area contributed by atoms with Gasteiger partial charge in [-0.1, -0.05) is 43.2 Å². The van der Waals surface area contributed by atoms with E-state index in [0.717, 1.165) is 23.8 Å². The van der Waals surface area contributed by atoms with E-state index in [2.05, 4.69) is 42.1 Å². The Kier molecular flexibility index (Phi) is 5.40. The van der Waals surface area contributed by atoms with Gasteiger partial charge in [-0.2, -0.15) is 11.8 Å². The van der Waals surface area contributed by atoms with Crippen molar-refractivity contribution in [3.8, 4) is 0 Å². The Labute approximate surface area is 109 Å². The first-order valence-electron chi connectivity index (χ1n) is 6.75. The molecule has 2 heteroatoms. The molecule has 0 radical (unpaired) electrons. The molecular formula is C15H23NS. The Morgan fingerprint density at radius 2 is 1.88 bits per heavy atom. The lowest BCUT2D eigenvalue weighted by Gasteiger charge is -2.14. The summed E-state index contributed by atoms with van der Waals surface area (Å²) in [6.45, 7) is 0. The summed E-state index contributed by atoms with van der Waals surface area (Å²) in [6, 6.07) is 11.0. The van der Waals surface area contributed by atoms with Crippen LogP contribution in [0.2, 0.25) is 0 Å². The van der Waals surface area contributed by atoms with Crippen molar-refractivity contribution in [2.24, 2.45) is 5.73 Å². The second-order valence-electron chi connectivity index (χ2n) is 5.02. The molecule has 0 aromatic heterocycles. The van der Waals surface area contributed by atoms with Crippen LogP contribution in [-0.4, -0.2) is 17.0 Å². The van der Waals surface area contributed by atoms with Crippen LogP contribution in [0.15, 0.2) is 30.3 Å². The SMILES string of the molecule is NC(CCc1ccccc1)CSC1CCCC1. The number of thioether (sulfide) groups is 1. The summed E-state index contributed by atoms with van der Waals surface area (Å²) in [7, 11) is 0. The van der Waals surface area contributed by atoms with E-state index in [0.29, 0.717) is 6.04 Å². The lowest BCUT2D eigenvalue weighted by molar-refractivity contribution is 0.672. The first kappa shape index (κ1) is 13.0. The van der Waals surface area contributed by atoms with Gasteiger partial charge in [0.2, 0.25) is 0 Å². The molecule has 0 amide bonds. The van der Waals surface area contributed by atoms with Crippen molar-refractivity contribution in [3.05, 3.63) is 35.9 Å². The van der Waals surface area contributed by atoms with Crippen LogP contribution >= 0.6 is 11.8 Å². The highest BCUT2D eigenvalue weighted by molar-refractivity contribution is 7.99. The molecule has 0 saturated heterocycles. The minimum Gasteiger partial charge on any atom is -0.327 e. The molecule has 1 nitrogen and oxygen atoms in total. The zero-order valence-corrected chi connectivity index (χ0v) is 11.3. The standard InChI is InChI=1S/C15H23NS/c16-14(12-17-15-8-4-5-9-15)11-10-13-6-2-1-3-7-13/h1-3,6-7,14-15H,4-5,8-12,16H2. The summed E-state index contributed by atoms with van der Waals surface area (Å²) in [5, 5.41) is 0.901. The van der Waals surface area contributed by atoms with Gasteiger partial charge in [-0.3, -0.25) is 0 Å². The van der Waals surface area contributed by atoms with E-state index in [4.69, 9.17) is 5.73 Å². The van der Waals surface area contributed by atoms with E-state index in [1.807, 2.05) is 0 Å². The molecule has 17 heavy (non-hydrogen) atoms. The topological polar surface area (TPSA) is 26.0 Å². The van der Waals surface area contributed by atoms with E-state index in [1.165, 1.54) is 31.2 Å². The Balaban J connectivity index is 1.62. The fraction of sp³-hybridized carbons (Fsp3) is 0.600. The first-order valence-corrected chi connectivity index (χ1v) is 7.80. The van der Waals surface area contributed by atoms with Gasteiger partial charge in [0.05, 0.1) is 0 Å². The third kappa shape index (κ3) is 4.72. The number of rotatable bonds is 6. The lowest BCUT2D eigenvalue weighted by Crippen LogP contribution is -2.24. The van der Waals surface area contributed by atoms with Gasteiger partial charge in [0.1, 0.15) is 0 Å². The van der Waals surface area contributed by atoms with Crippen LogP contribution in [-0.2, 0) is 6.42 Å². The number of hydrogen-bond acceptors (Lipinski definition) is 2. The highest BCUT2D eigenvalue weighted by atomic mass is 32.2. The smallest absolute Gasteiger partial charge is 0.0133 e. The third-order valence-corrected chi connectivity index (χ3v) is 5.06. The molecule has 1 aromatic rings. The van der Waals surface area contributed by atoms with Crippen molar-refractivity contribution in [3.63, 3.8) is 0 Å². The van der Waals surface area contributed by atoms with E-state index >= 15 is 0 Å². The maximum atomic E-state index is 6.18. The van der Waals surface area contributed by atoms with Crippen molar-refractivity contribution in [1.29, 1.82) is 0 Å². The maximum absolute atomic E-state index is 6.18. The Morgan fingerprint density at radius 1 is 1.18 bits per heavy atom. The van der Waals surface area contributed by atoms with Gasteiger partial charge in [-0.05, 0) is 31.2 Å². The first-order chi connectivity index (χ1) is 8.34. The molecule has 94 valence electrons. The van der Waals surface area contributed by atoms with Crippen molar-refractivity contribution in [2.45, 2.75) is 49.8 Å². The molecule has 1 aliphatic rings. The fourth-order valence-corrected chi connectivity index (χ4v) is 3.75. The molecule has 1 unspecified atom stereocenters. The predicted molar refractivity (Wildman–Crippen MR) is 77.5 cm³/mol. The van der Waals surface area contributed by atoms with Gasteiger partial charge < -0.3 is 5.73 Å². The molecule has 0 spiro atoms. The summed E-state index contributed by atoms with van der Waals surface area (Å²) in [5.74, 6) is 1.14. The van der Waals surface area contributed by atoms with E-state index in [1.54, 1.807) is 0 Å². The van der Waals surface area contributed by atoms with Gasteiger partial charge >= 0.3 is 0 Å². The summed E-state index contributed by atoms with van der Waals surface area (Å²) in [6.07, 6.45) is 7.91. The van der Waals surface area contributed by atoms with Gasteiger partial charge in [0, 0.05) is 17.0 Å². The minimum atomic E-state index is 0.362. The number of aryl methyl sites for hydroxylation is 1. The molecular weight excluding hydrogens is 226 g/mol.